The van der Waals surface area contributed by atoms with Gasteiger partial charge < -0.3 is 5.11 Å². The Morgan fingerprint density at radius 2 is 2.33 bits per heavy atom. The van der Waals surface area contributed by atoms with Crippen molar-refractivity contribution >= 4 is 0 Å². The molecule has 0 saturated heterocycles. The third kappa shape index (κ3) is 2.82. The van der Waals surface area contributed by atoms with E-state index in [1.807, 2.05) is 6.08 Å². The highest BCUT2D eigenvalue weighted by Crippen LogP contribution is 2.17. The highest BCUT2D eigenvalue weighted by atomic mass is 16.3. The smallest absolute Gasteiger partial charge is 0.0787 e. The molecule has 0 fully saturated rings. The minimum absolute atomic E-state index is 0.213. The molecule has 1 unspecified atom stereocenters. The van der Waals surface area contributed by atoms with Gasteiger partial charge in [-0.15, -0.1) is 0 Å². The molecule has 12 heavy (non-hydrogen) atoms. The predicted molar refractivity (Wildman–Crippen MR) is 52.0 cm³/mol. The van der Waals surface area contributed by atoms with Crippen LogP contribution in [0.3, 0.4) is 0 Å². The topological polar surface area (TPSA) is 20.2 Å². The standard InChI is InChI=1S/C11H18O/c1-2-3-4-9-11(12)10-7-5-6-8-10/h5,7-8,11-12H,2-4,6,9H2,1H3. The minimum atomic E-state index is -0.213. The van der Waals surface area contributed by atoms with Crippen LogP contribution in [0.25, 0.3) is 0 Å². The zero-order valence-electron chi connectivity index (χ0n) is 7.79. The van der Waals surface area contributed by atoms with Gasteiger partial charge >= 0.3 is 0 Å². The Morgan fingerprint density at radius 3 is 2.92 bits per heavy atom. The summed E-state index contributed by atoms with van der Waals surface area (Å²) in [6, 6.07) is 0. The van der Waals surface area contributed by atoms with E-state index in [2.05, 4.69) is 19.1 Å². The molecule has 0 aromatic heterocycles. The molecular formula is C11H18O. The fraction of sp³-hybridized carbons (Fsp3) is 0.636. The van der Waals surface area contributed by atoms with Crippen LogP contribution < -0.4 is 0 Å². The van der Waals surface area contributed by atoms with Gasteiger partial charge in [-0.05, 0) is 18.4 Å². The maximum absolute atomic E-state index is 9.66. The Hall–Kier alpha value is -0.560. The zero-order chi connectivity index (χ0) is 8.81. The largest absolute Gasteiger partial charge is 0.388 e. The van der Waals surface area contributed by atoms with Gasteiger partial charge in [0.05, 0.1) is 6.10 Å². The van der Waals surface area contributed by atoms with Crippen molar-refractivity contribution in [2.75, 3.05) is 0 Å². The van der Waals surface area contributed by atoms with E-state index in [-0.39, 0.29) is 6.10 Å². The van der Waals surface area contributed by atoms with Crippen LogP contribution in [0, 0.1) is 0 Å². The average Bonchev–Trinajstić information content (AvgIpc) is 2.56. The van der Waals surface area contributed by atoms with E-state index in [0.717, 1.165) is 24.8 Å². The van der Waals surface area contributed by atoms with Gasteiger partial charge in [-0.2, -0.15) is 0 Å². The second-order valence-corrected chi connectivity index (χ2v) is 3.35. The molecule has 1 N–H and O–H groups in total. The summed E-state index contributed by atoms with van der Waals surface area (Å²) in [6.45, 7) is 2.18. The molecule has 1 nitrogen and oxygen atoms in total. The molecule has 0 amide bonds. The first-order chi connectivity index (χ1) is 5.84. The third-order valence-corrected chi connectivity index (χ3v) is 2.27. The van der Waals surface area contributed by atoms with Gasteiger partial charge in [-0.1, -0.05) is 44.4 Å². The van der Waals surface area contributed by atoms with Crippen molar-refractivity contribution in [1.29, 1.82) is 0 Å². The van der Waals surface area contributed by atoms with Crippen LogP contribution in [-0.2, 0) is 0 Å². The minimum Gasteiger partial charge on any atom is -0.388 e. The molecule has 0 bridgehead atoms. The van der Waals surface area contributed by atoms with Crippen molar-refractivity contribution in [2.45, 2.75) is 45.1 Å². The molecule has 0 aromatic carbocycles. The van der Waals surface area contributed by atoms with Gasteiger partial charge in [-0.25, -0.2) is 0 Å². The number of unbranched alkanes of at least 4 members (excludes halogenated alkanes) is 2. The lowest BCUT2D eigenvalue weighted by Gasteiger charge is -2.09. The number of rotatable bonds is 5. The average molecular weight is 166 g/mol. The first-order valence-corrected chi connectivity index (χ1v) is 4.89. The Kier molecular flexibility index (Phi) is 4.09. The van der Waals surface area contributed by atoms with Crippen LogP contribution in [-0.4, -0.2) is 11.2 Å². The van der Waals surface area contributed by atoms with Gasteiger partial charge in [0.2, 0.25) is 0 Å². The second-order valence-electron chi connectivity index (χ2n) is 3.35. The van der Waals surface area contributed by atoms with Crippen molar-refractivity contribution in [1.82, 2.24) is 0 Å². The molecule has 0 aromatic rings. The molecule has 1 aliphatic rings. The van der Waals surface area contributed by atoms with Crippen LogP contribution >= 0.6 is 0 Å². The monoisotopic (exact) mass is 166 g/mol. The molecule has 0 radical (unpaired) electrons. The van der Waals surface area contributed by atoms with Gasteiger partial charge in [0, 0.05) is 0 Å². The SMILES string of the molecule is CCCCCC(O)C1=CCC=C1. The van der Waals surface area contributed by atoms with E-state index < -0.39 is 0 Å². The third-order valence-electron chi connectivity index (χ3n) is 2.27. The molecular weight excluding hydrogens is 148 g/mol. The quantitative estimate of drug-likeness (QED) is 0.623. The second kappa shape index (κ2) is 5.15. The number of aliphatic hydroxyl groups is 1. The summed E-state index contributed by atoms with van der Waals surface area (Å²) >= 11 is 0. The van der Waals surface area contributed by atoms with E-state index >= 15 is 0 Å². The summed E-state index contributed by atoms with van der Waals surface area (Å²) in [5.41, 5.74) is 1.12. The molecule has 1 heteroatoms. The van der Waals surface area contributed by atoms with Crippen LogP contribution in [0.5, 0.6) is 0 Å². The zero-order valence-corrected chi connectivity index (χ0v) is 7.79. The Morgan fingerprint density at radius 1 is 1.50 bits per heavy atom. The Balaban J connectivity index is 2.19. The lowest BCUT2D eigenvalue weighted by molar-refractivity contribution is 0.200. The van der Waals surface area contributed by atoms with Crippen molar-refractivity contribution < 1.29 is 5.11 Å². The molecule has 0 heterocycles. The van der Waals surface area contributed by atoms with Gasteiger partial charge in [0.15, 0.2) is 0 Å². The lowest BCUT2D eigenvalue weighted by Crippen LogP contribution is -2.07. The van der Waals surface area contributed by atoms with Crippen LogP contribution in [0.15, 0.2) is 23.8 Å². The predicted octanol–water partition coefficient (Wildman–Crippen LogP) is 2.81. The van der Waals surface area contributed by atoms with E-state index in [9.17, 15) is 5.11 Å². The van der Waals surface area contributed by atoms with Crippen molar-refractivity contribution in [3.8, 4) is 0 Å². The molecule has 0 spiro atoms. The van der Waals surface area contributed by atoms with Gasteiger partial charge in [0.25, 0.3) is 0 Å². The van der Waals surface area contributed by atoms with E-state index in [0.29, 0.717) is 0 Å². The highest BCUT2D eigenvalue weighted by Gasteiger charge is 2.08. The van der Waals surface area contributed by atoms with Crippen LogP contribution in [0.4, 0.5) is 0 Å². The Labute approximate surface area is 74.8 Å². The normalized spacial score (nSPS) is 18.0. The van der Waals surface area contributed by atoms with Crippen LogP contribution in [0.1, 0.15) is 39.0 Å². The molecule has 1 atom stereocenters. The van der Waals surface area contributed by atoms with E-state index in [1.165, 1.54) is 12.8 Å². The fourth-order valence-corrected chi connectivity index (χ4v) is 1.48. The summed E-state index contributed by atoms with van der Waals surface area (Å²) < 4.78 is 0. The van der Waals surface area contributed by atoms with Crippen LogP contribution in [0.2, 0.25) is 0 Å². The molecule has 1 aliphatic carbocycles. The molecule has 0 aliphatic heterocycles. The fourth-order valence-electron chi connectivity index (χ4n) is 1.48. The lowest BCUT2D eigenvalue weighted by atomic mass is 10.0. The highest BCUT2D eigenvalue weighted by molar-refractivity contribution is 5.29. The van der Waals surface area contributed by atoms with Crippen molar-refractivity contribution in [3.63, 3.8) is 0 Å². The molecule has 68 valence electrons. The summed E-state index contributed by atoms with van der Waals surface area (Å²) in [7, 11) is 0. The molecule has 1 rings (SSSR count). The van der Waals surface area contributed by atoms with Crippen molar-refractivity contribution in [3.05, 3.63) is 23.8 Å². The van der Waals surface area contributed by atoms with Gasteiger partial charge in [-0.3, -0.25) is 0 Å². The number of aliphatic hydroxyl groups excluding tert-OH is 1. The summed E-state index contributed by atoms with van der Waals surface area (Å²) in [5, 5.41) is 9.66. The maximum atomic E-state index is 9.66. The van der Waals surface area contributed by atoms with Gasteiger partial charge in [0.1, 0.15) is 0 Å². The van der Waals surface area contributed by atoms with E-state index in [1.54, 1.807) is 0 Å². The first kappa shape index (κ1) is 9.53. The number of hydrogen-bond acceptors (Lipinski definition) is 1. The summed E-state index contributed by atoms with van der Waals surface area (Å²) in [4.78, 5) is 0. The number of hydrogen-bond donors (Lipinski definition) is 1. The summed E-state index contributed by atoms with van der Waals surface area (Å²) in [6.07, 6.45) is 11.5. The maximum Gasteiger partial charge on any atom is 0.0787 e. The Bertz CT molecular complexity index is 179. The number of allylic oxidation sites excluding steroid dienone is 2. The summed E-state index contributed by atoms with van der Waals surface area (Å²) in [5.74, 6) is 0. The van der Waals surface area contributed by atoms with Crippen molar-refractivity contribution in [2.24, 2.45) is 0 Å². The van der Waals surface area contributed by atoms with E-state index in [4.69, 9.17) is 0 Å². The molecule has 0 saturated carbocycles. The first-order valence-electron chi connectivity index (χ1n) is 4.89.